The first-order valence-corrected chi connectivity index (χ1v) is 5.89. The second-order valence-electron chi connectivity index (χ2n) is 4.29. The van der Waals surface area contributed by atoms with Crippen LogP contribution >= 0.6 is 0 Å². The molecule has 0 fully saturated rings. The minimum Gasteiger partial charge on any atom is -0.494 e. The van der Waals surface area contributed by atoms with Gasteiger partial charge in [0.1, 0.15) is 5.82 Å². The molecule has 2 aromatic heterocycles. The second-order valence-corrected chi connectivity index (χ2v) is 4.29. The first-order valence-electron chi connectivity index (χ1n) is 5.89. The number of hydrogen-bond donors (Lipinski definition) is 6. The van der Waals surface area contributed by atoms with E-state index in [-0.39, 0.29) is 23.5 Å². The lowest BCUT2D eigenvalue weighted by atomic mass is 10.2. The molecule has 0 bridgehead atoms. The smallest absolute Gasteiger partial charge is 0.224 e. The van der Waals surface area contributed by atoms with Gasteiger partial charge in [0.25, 0.3) is 0 Å². The molecular formula is C12H11N7O2. The Balaban J connectivity index is 2.00. The van der Waals surface area contributed by atoms with Gasteiger partial charge in [0.15, 0.2) is 17.6 Å². The lowest BCUT2D eigenvalue weighted by Gasteiger charge is -2.06. The number of aromatic amines is 1. The standard InChI is InChI=1S/C12H11N7O2/c13-12-16-8(4-9(17-12)19-14)15-5-1-2-6-7(3-5)11(21)18-10(6)20/h1-4,14,18,20-21H,(H3,13,15,16,17). The molecule has 0 saturated carbocycles. The molecule has 0 saturated heterocycles. The fraction of sp³-hybridized carbons (Fsp3) is 0. The van der Waals surface area contributed by atoms with E-state index in [4.69, 9.17) is 11.3 Å². The number of hydrogen-bond acceptors (Lipinski definition) is 8. The molecule has 0 atom stereocenters. The third-order valence-corrected chi connectivity index (χ3v) is 2.88. The number of rotatable bonds is 3. The maximum absolute atomic E-state index is 9.68. The normalized spacial score (nSPS) is 10.7. The largest absolute Gasteiger partial charge is 0.494 e. The molecule has 106 valence electrons. The summed E-state index contributed by atoms with van der Waals surface area (Å²) < 4.78 is 0. The van der Waals surface area contributed by atoms with Crippen LogP contribution in [0.4, 0.5) is 23.3 Å². The van der Waals surface area contributed by atoms with Crippen molar-refractivity contribution in [2.45, 2.75) is 0 Å². The van der Waals surface area contributed by atoms with Gasteiger partial charge in [-0.2, -0.15) is 9.97 Å². The number of aromatic hydroxyl groups is 2. The van der Waals surface area contributed by atoms with Gasteiger partial charge in [-0.1, -0.05) is 0 Å². The molecule has 0 unspecified atom stereocenters. The Morgan fingerprint density at radius 3 is 2.67 bits per heavy atom. The number of H-pyrrole nitrogens is 1. The van der Waals surface area contributed by atoms with Crippen LogP contribution in [0.2, 0.25) is 0 Å². The van der Waals surface area contributed by atoms with Crippen LogP contribution in [-0.2, 0) is 0 Å². The monoisotopic (exact) mass is 285 g/mol. The van der Waals surface area contributed by atoms with Gasteiger partial charge in [0.2, 0.25) is 5.95 Å². The minimum absolute atomic E-state index is 0.00536. The first-order chi connectivity index (χ1) is 10.1. The molecule has 0 radical (unpaired) electrons. The average Bonchev–Trinajstić information content (AvgIpc) is 2.73. The third-order valence-electron chi connectivity index (χ3n) is 2.88. The highest BCUT2D eigenvalue weighted by Crippen LogP contribution is 2.34. The van der Waals surface area contributed by atoms with Gasteiger partial charge in [-0.15, -0.1) is 5.11 Å². The van der Waals surface area contributed by atoms with Crippen LogP contribution in [0, 0.1) is 5.53 Å². The maximum Gasteiger partial charge on any atom is 0.224 e. The number of fused-ring (bicyclic) bond motifs is 1. The Bertz CT molecular complexity index is 843. The molecule has 0 aliphatic rings. The number of nitrogens with one attached hydrogen (secondary N) is 3. The summed E-state index contributed by atoms with van der Waals surface area (Å²) in [6, 6.07) is 6.44. The van der Waals surface area contributed by atoms with Crippen LogP contribution in [0.25, 0.3) is 10.8 Å². The van der Waals surface area contributed by atoms with Crippen LogP contribution in [0.3, 0.4) is 0 Å². The minimum atomic E-state index is -0.129. The molecule has 7 N–H and O–H groups in total. The Morgan fingerprint density at radius 1 is 1.14 bits per heavy atom. The summed E-state index contributed by atoms with van der Waals surface area (Å²) in [5, 5.41) is 26.4. The summed E-state index contributed by atoms with van der Waals surface area (Å²) in [7, 11) is 0. The SMILES string of the molecule is N=Nc1cc(Nc2ccc3c(O)[nH]c(O)c3c2)nc(N)n1. The van der Waals surface area contributed by atoms with Crippen LogP contribution in [0.5, 0.6) is 11.8 Å². The highest BCUT2D eigenvalue weighted by molar-refractivity contribution is 5.94. The molecule has 0 spiro atoms. The highest BCUT2D eigenvalue weighted by Gasteiger charge is 2.10. The van der Waals surface area contributed by atoms with E-state index in [1.165, 1.54) is 6.07 Å². The molecule has 9 nitrogen and oxygen atoms in total. The van der Waals surface area contributed by atoms with E-state index >= 15 is 0 Å². The van der Waals surface area contributed by atoms with Gasteiger partial charge in [-0.05, 0) is 18.2 Å². The van der Waals surface area contributed by atoms with Crippen molar-refractivity contribution in [2.24, 2.45) is 5.11 Å². The third kappa shape index (κ3) is 2.27. The Morgan fingerprint density at radius 2 is 1.90 bits per heavy atom. The van der Waals surface area contributed by atoms with Crippen LogP contribution in [0.1, 0.15) is 0 Å². The molecular weight excluding hydrogens is 274 g/mol. The summed E-state index contributed by atoms with van der Waals surface area (Å²) in [6.07, 6.45) is 0. The molecule has 0 amide bonds. The molecule has 0 aliphatic heterocycles. The number of aromatic nitrogens is 3. The summed E-state index contributed by atoms with van der Waals surface area (Å²) in [4.78, 5) is 10.2. The van der Waals surface area contributed by atoms with Crippen molar-refractivity contribution in [3.63, 3.8) is 0 Å². The molecule has 3 aromatic rings. The van der Waals surface area contributed by atoms with E-state index in [9.17, 15) is 10.2 Å². The summed E-state index contributed by atoms with van der Waals surface area (Å²) in [5.41, 5.74) is 13.1. The quantitative estimate of drug-likeness (QED) is 0.405. The average molecular weight is 285 g/mol. The first kappa shape index (κ1) is 12.7. The van der Waals surface area contributed by atoms with E-state index < -0.39 is 0 Å². The van der Waals surface area contributed by atoms with Crippen LogP contribution in [-0.4, -0.2) is 25.2 Å². The van der Waals surface area contributed by atoms with Crippen molar-refractivity contribution < 1.29 is 10.2 Å². The lowest BCUT2D eigenvalue weighted by molar-refractivity contribution is 0.429. The lowest BCUT2D eigenvalue weighted by Crippen LogP contribution is -1.99. The number of nitrogen functional groups attached to an aromatic ring is 1. The molecule has 3 rings (SSSR count). The van der Waals surface area contributed by atoms with E-state index in [0.717, 1.165) is 0 Å². The zero-order valence-electron chi connectivity index (χ0n) is 10.6. The van der Waals surface area contributed by atoms with E-state index in [0.29, 0.717) is 22.3 Å². The van der Waals surface area contributed by atoms with Gasteiger partial charge < -0.3 is 21.3 Å². The van der Waals surface area contributed by atoms with E-state index in [1.807, 2.05) is 0 Å². The zero-order chi connectivity index (χ0) is 15.0. The molecule has 9 heteroatoms. The maximum atomic E-state index is 9.68. The predicted octanol–water partition coefficient (Wildman–Crippen LogP) is 2.36. The fourth-order valence-corrected chi connectivity index (χ4v) is 1.99. The molecule has 1 aromatic carbocycles. The Labute approximate surface area is 118 Å². The highest BCUT2D eigenvalue weighted by atomic mass is 16.3. The van der Waals surface area contributed by atoms with Crippen molar-refractivity contribution in [3.8, 4) is 11.8 Å². The molecule has 0 aliphatic carbocycles. The molecule has 21 heavy (non-hydrogen) atoms. The van der Waals surface area contributed by atoms with Crippen molar-refractivity contribution >= 4 is 34.0 Å². The summed E-state index contributed by atoms with van der Waals surface area (Å²) in [6.45, 7) is 0. The van der Waals surface area contributed by atoms with E-state index in [2.05, 4.69) is 25.4 Å². The summed E-state index contributed by atoms with van der Waals surface area (Å²) in [5.74, 6) is 0.264. The second kappa shape index (κ2) is 4.63. The van der Waals surface area contributed by atoms with Gasteiger partial charge >= 0.3 is 0 Å². The number of anilines is 3. The van der Waals surface area contributed by atoms with Gasteiger partial charge in [-0.3, -0.25) is 4.98 Å². The Hall–Kier alpha value is -3.36. The van der Waals surface area contributed by atoms with Gasteiger partial charge in [-0.25, -0.2) is 5.53 Å². The predicted molar refractivity (Wildman–Crippen MR) is 76.2 cm³/mol. The number of nitrogens with two attached hydrogens (primary N) is 1. The van der Waals surface area contributed by atoms with Crippen LogP contribution < -0.4 is 11.1 Å². The van der Waals surface area contributed by atoms with E-state index in [1.54, 1.807) is 18.2 Å². The van der Waals surface area contributed by atoms with Gasteiger partial charge in [0, 0.05) is 22.5 Å². The number of nitrogens with zero attached hydrogens (tertiary/aromatic N) is 3. The topological polar surface area (TPSA) is 156 Å². The van der Waals surface area contributed by atoms with Gasteiger partial charge in [0.05, 0.1) is 0 Å². The number of benzene rings is 1. The zero-order valence-corrected chi connectivity index (χ0v) is 10.6. The Kier molecular flexibility index (Phi) is 2.79. The summed E-state index contributed by atoms with van der Waals surface area (Å²) >= 11 is 0. The van der Waals surface area contributed by atoms with Crippen molar-refractivity contribution in [1.29, 1.82) is 5.53 Å². The molecule has 2 heterocycles. The van der Waals surface area contributed by atoms with Crippen LogP contribution in [0.15, 0.2) is 29.4 Å². The van der Waals surface area contributed by atoms with Crippen molar-refractivity contribution in [2.75, 3.05) is 11.1 Å². The fourth-order valence-electron chi connectivity index (χ4n) is 1.99. The van der Waals surface area contributed by atoms with Crippen molar-refractivity contribution in [3.05, 3.63) is 24.3 Å². The van der Waals surface area contributed by atoms with Crippen molar-refractivity contribution in [1.82, 2.24) is 15.0 Å².